The molecule has 26 heavy (non-hydrogen) atoms. The maximum absolute atomic E-state index is 4.54. The van der Waals surface area contributed by atoms with Crippen molar-refractivity contribution in [2.45, 2.75) is 25.3 Å². The van der Waals surface area contributed by atoms with Gasteiger partial charge in [-0.2, -0.15) is 0 Å². The van der Waals surface area contributed by atoms with Crippen LogP contribution in [-0.2, 0) is 0 Å². The Bertz CT molecular complexity index is 765. The summed E-state index contributed by atoms with van der Waals surface area (Å²) in [6.07, 6.45) is 3.05. The Morgan fingerprint density at radius 1 is 1.08 bits per heavy atom. The summed E-state index contributed by atoms with van der Waals surface area (Å²) in [6.45, 7) is 6.10. The largest absolute Gasteiger partial charge is 0.353 e. The van der Waals surface area contributed by atoms with Crippen LogP contribution in [0.5, 0.6) is 0 Å². The number of guanidine groups is 1. The first-order chi connectivity index (χ1) is 12.8. The van der Waals surface area contributed by atoms with Crippen molar-refractivity contribution in [3.63, 3.8) is 0 Å². The maximum Gasteiger partial charge on any atom is 0.194 e. The SMILES string of the molecule is CN=C(NC1CC1c1ccccc1C)N1CCN(c2ccccn2)CC1. The molecule has 2 heterocycles. The van der Waals surface area contributed by atoms with Gasteiger partial charge in [0.25, 0.3) is 0 Å². The van der Waals surface area contributed by atoms with Gasteiger partial charge in [-0.05, 0) is 36.6 Å². The molecule has 2 aromatic rings. The van der Waals surface area contributed by atoms with E-state index in [4.69, 9.17) is 0 Å². The first-order valence-electron chi connectivity index (χ1n) is 9.46. The molecule has 1 saturated carbocycles. The summed E-state index contributed by atoms with van der Waals surface area (Å²) >= 11 is 0. The number of anilines is 1. The molecule has 5 heteroatoms. The Morgan fingerprint density at radius 2 is 1.85 bits per heavy atom. The number of nitrogens with one attached hydrogen (secondary N) is 1. The van der Waals surface area contributed by atoms with Crippen molar-refractivity contribution in [3.8, 4) is 0 Å². The van der Waals surface area contributed by atoms with Gasteiger partial charge in [0, 0.05) is 51.4 Å². The summed E-state index contributed by atoms with van der Waals surface area (Å²) in [5.74, 6) is 2.71. The molecule has 1 aromatic carbocycles. The second-order valence-corrected chi connectivity index (χ2v) is 7.16. The maximum atomic E-state index is 4.54. The van der Waals surface area contributed by atoms with Gasteiger partial charge in [-0.15, -0.1) is 0 Å². The molecule has 2 fully saturated rings. The highest BCUT2D eigenvalue weighted by molar-refractivity contribution is 5.81. The highest BCUT2D eigenvalue weighted by Gasteiger charge is 2.40. The van der Waals surface area contributed by atoms with E-state index in [9.17, 15) is 0 Å². The highest BCUT2D eigenvalue weighted by atomic mass is 15.4. The molecule has 5 nitrogen and oxygen atoms in total. The molecule has 2 atom stereocenters. The Labute approximate surface area is 155 Å². The van der Waals surface area contributed by atoms with Crippen LogP contribution >= 0.6 is 0 Å². The van der Waals surface area contributed by atoms with Crippen molar-refractivity contribution < 1.29 is 0 Å². The predicted molar refractivity (Wildman–Crippen MR) is 107 cm³/mol. The lowest BCUT2D eigenvalue weighted by Gasteiger charge is -2.37. The molecule has 1 aliphatic heterocycles. The molecule has 0 bridgehead atoms. The van der Waals surface area contributed by atoms with Gasteiger partial charge < -0.3 is 15.1 Å². The average molecular weight is 349 g/mol. The van der Waals surface area contributed by atoms with Gasteiger partial charge >= 0.3 is 0 Å². The topological polar surface area (TPSA) is 43.8 Å². The third-order valence-corrected chi connectivity index (χ3v) is 5.46. The number of aryl methyl sites for hydroxylation is 1. The number of nitrogens with zero attached hydrogens (tertiary/aromatic N) is 4. The number of piperazine rings is 1. The van der Waals surface area contributed by atoms with Gasteiger partial charge in [0.1, 0.15) is 5.82 Å². The minimum atomic E-state index is 0.503. The minimum Gasteiger partial charge on any atom is -0.353 e. The van der Waals surface area contributed by atoms with E-state index in [2.05, 4.69) is 62.3 Å². The number of hydrogen-bond acceptors (Lipinski definition) is 3. The molecule has 2 unspecified atom stereocenters. The van der Waals surface area contributed by atoms with Crippen LogP contribution in [0.3, 0.4) is 0 Å². The zero-order valence-electron chi connectivity index (χ0n) is 15.6. The first kappa shape index (κ1) is 16.9. The van der Waals surface area contributed by atoms with Gasteiger partial charge in [0.2, 0.25) is 0 Å². The molecular weight excluding hydrogens is 322 g/mol. The van der Waals surface area contributed by atoms with Gasteiger partial charge in [-0.3, -0.25) is 4.99 Å². The number of rotatable bonds is 3. The molecule has 0 radical (unpaired) electrons. The first-order valence-corrected chi connectivity index (χ1v) is 9.46. The van der Waals surface area contributed by atoms with Crippen LogP contribution in [0.25, 0.3) is 0 Å². The third-order valence-electron chi connectivity index (χ3n) is 5.46. The third kappa shape index (κ3) is 3.52. The van der Waals surface area contributed by atoms with Crippen LogP contribution in [0.2, 0.25) is 0 Å². The fraction of sp³-hybridized carbons (Fsp3) is 0.429. The van der Waals surface area contributed by atoms with Crippen molar-refractivity contribution in [2.75, 3.05) is 38.1 Å². The lowest BCUT2D eigenvalue weighted by atomic mass is 10.0. The molecule has 4 rings (SSSR count). The van der Waals surface area contributed by atoms with E-state index in [-0.39, 0.29) is 0 Å². The molecule has 0 amide bonds. The molecule has 2 aliphatic rings. The summed E-state index contributed by atoms with van der Waals surface area (Å²) in [5.41, 5.74) is 2.86. The van der Waals surface area contributed by atoms with Crippen LogP contribution in [0.15, 0.2) is 53.7 Å². The highest BCUT2D eigenvalue weighted by Crippen LogP contribution is 2.42. The molecule has 136 valence electrons. The fourth-order valence-electron chi connectivity index (χ4n) is 3.85. The van der Waals surface area contributed by atoms with Crippen LogP contribution in [0, 0.1) is 6.92 Å². The Balaban J connectivity index is 1.33. The summed E-state index contributed by atoms with van der Waals surface area (Å²) in [4.78, 5) is 13.7. The van der Waals surface area contributed by atoms with Gasteiger partial charge in [0.05, 0.1) is 0 Å². The van der Waals surface area contributed by atoms with Gasteiger partial charge in [-0.1, -0.05) is 30.3 Å². The lowest BCUT2D eigenvalue weighted by Crippen LogP contribution is -2.53. The summed E-state index contributed by atoms with van der Waals surface area (Å²) in [6, 6.07) is 15.3. The van der Waals surface area contributed by atoms with Crippen LogP contribution < -0.4 is 10.2 Å². The van der Waals surface area contributed by atoms with Crippen molar-refractivity contribution in [1.29, 1.82) is 0 Å². The number of aliphatic imine (C=N–C) groups is 1. The Kier molecular flexibility index (Phi) is 4.78. The molecular formula is C21H27N5. The van der Waals surface area contributed by atoms with Gasteiger partial charge in [-0.25, -0.2) is 4.98 Å². The summed E-state index contributed by atoms with van der Waals surface area (Å²) < 4.78 is 0. The minimum absolute atomic E-state index is 0.503. The molecule has 1 aromatic heterocycles. The molecule has 0 spiro atoms. The monoisotopic (exact) mass is 349 g/mol. The zero-order valence-corrected chi connectivity index (χ0v) is 15.6. The van der Waals surface area contributed by atoms with Crippen molar-refractivity contribution in [3.05, 3.63) is 59.8 Å². The van der Waals surface area contributed by atoms with Crippen molar-refractivity contribution in [1.82, 2.24) is 15.2 Å². The average Bonchev–Trinajstić information content (AvgIpc) is 3.46. The van der Waals surface area contributed by atoms with Crippen LogP contribution in [0.1, 0.15) is 23.5 Å². The smallest absolute Gasteiger partial charge is 0.194 e. The van der Waals surface area contributed by atoms with E-state index in [0.717, 1.165) is 38.0 Å². The van der Waals surface area contributed by atoms with E-state index < -0.39 is 0 Å². The standard InChI is InChI=1S/C21H27N5/c1-16-7-3-4-8-17(16)18-15-19(18)24-21(22-2)26-13-11-25(12-14-26)20-9-5-6-10-23-20/h3-10,18-19H,11-15H2,1-2H3,(H,22,24). The normalized spacial score (nSPS) is 23.1. The van der Waals surface area contributed by atoms with E-state index in [1.165, 1.54) is 17.5 Å². The lowest BCUT2D eigenvalue weighted by molar-refractivity contribution is 0.371. The quantitative estimate of drug-likeness (QED) is 0.683. The number of pyridine rings is 1. The van der Waals surface area contributed by atoms with Crippen LogP contribution in [-0.4, -0.2) is 55.1 Å². The Hall–Kier alpha value is -2.56. The number of hydrogen-bond donors (Lipinski definition) is 1. The predicted octanol–water partition coefficient (Wildman–Crippen LogP) is 2.64. The second kappa shape index (κ2) is 7.36. The summed E-state index contributed by atoms with van der Waals surface area (Å²) in [7, 11) is 1.89. The van der Waals surface area contributed by atoms with E-state index in [1.54, 1.807) is 0 Å². The molecule has 1 aliphatic carbocycles. The molecule has 1 saturated heterocycles. The number of benzene rings is 1. The number of aromatic nitrogens is 1. The summed E-state index contributed by atoms with van der Waals surface area (Å²) in [5, 5.41) is 3.68. The van der Waals surface area contributed by atoms with Crippen molar-refractivity contribution >= 4 is 11.8 Å². The van der Waals surface area contributed by atoms with E-state index in [0.29, 0.717) is 12.0 Å². The Morgan fingerprint density at radius 3 is 2.54 bits per heavy atom. The second-order valence-electron chi connectivity index (χ2n) is 7.16. The zero-order chi connectivity index (χ0) is 17.9. The van der Waals surface area contributed by atoms with Crippen molar-refractivity contribution in [2.24, 2.45) is 4.99 Å². The fourth-order valence-corrected chi connectivity index (χ4v) is 3.85. The van der Waals surface area contributed by atoms with E-state index in [1.807, 2.05) is 25.4 Å². The molecule has 1 N–H and O–H groups in total. The van der Waals surface area contributed by atoms with E-state index >= 15 is 0 Å². The van der Waals surface area contributed by atoms with Crippen LogP contribution in [0.4, 0.5) is 5.82 Å². The van der Waals surface area contributed by atoms with Gasteiger partial charge in [0.15, 0.2) is 5.96 Å².